The molecule has 2 aliphatic rings. The second-order valence-corrected chi connectivity index (χ2v) is 5.95. The van der Waals surface area contributed by atoms with Crippen LogP contribution in [-0.2, 0) is 9.53 Å². The molecule has 2 unspecified atom stereocenters. The summed E-state index contributed by atoms with van der Waals surface area (Å²) in [7, 11) is 0. The number of nitrogens with zero attached hydrogens (tertiary/aromatic N) is 2. The van der Waals surface area contributed by atoms with E-state index in [1.165, 1.54) is 0 Å². The normalized spacial score (nSPS) is 34.3. The molecule has 0 bridgehead atoms. The molecule has 2 heterocycles. The number of hydrogen-bond acceptors (Lipinski definition) is 4. The molecule has 2 saturated heterocycles. The lowest BCUT2D eigenvalue weighted by Gasteiger charge is -2.43. The summed E-state index contributed by atoms with van der Waals surface area (Å²) in [5.74, 6) is -0.697. The minimum absolute atomic E-state index is 0.366. The van der Waals surface area contributed by atoms with Crippen LogP contribution in [0.4, 0.5) is 0 Å². The zero-order valence-electron chi connectivity index (χ0n) is 12.1. The molecule has 0 spiro atoms. The van der Waals surface area contributed by atoms with Crippen molar-refractivity contribution in [2.75, 3.05) is 45.9 Å². The second kappa shape index (κ2) is 6.20. The Balaban J connectivity index is 1.97. The van der Waals surface area contributed by atoms with Crippen molar-refractivity contribution in [3.63, 3.8) is 0 Å². The molecule has 0 aromatic carbocycles. The summed E-state index contributed by atoms with van der Waals surface area (Å²) >= 11 is 0. The molecular weight excluding hydrogens is 244 g/mol. The van der Waals surface area contributed by atoms with Gasteiger partial charge in [0.25, 0.3) is 0 Å². The van der Waals surface area contributed by atoms with Gasteiger partial charge in [0.1, 0.15) is 5.41 Å². The lowest BCUT2D eigenvalue weighted by molar-refractivity contribution is -0.160. The number of likely N-dealkylation sites (N-methyl/N-ethyl adjacent to an activating group) is 1. The molecule has 2 atom stereocenters. The first-order valence-corrected chi connectivity index (χ1v) is 7.35. The van der Waals surface area contributed by atoms with E-state index in [1.54, 1.807) is 0 Å². The molecular formula is C14H26N2O3. The number of hydrogen-bond donors (Lipinski definition) is 1. The van der Waals surface area contributed by atoms with Crippen molar-refractivity contribution in [2.24, 2.45) is 5.41 Å². The SMILES string of the molecule is CCN1CCN(CC2(C(=O)O)CCCOC2)CC1C. The summed E-state index contributed by atoms with van der Waals surface area (Å²) in [5.41, 5.74) is -0.688. The number of carboxylic acids is 1. The summed E-state index contributed by atoms with van der Waals surface area (Å²) in [6, 6.07) is 0.508. The zero-order valence-corrected chi connectivity index (χ0v) is 12.1. The van der Waals surface area contributed by atoms with Gasteiger partial charge in [0.2, 0.25) is 0 Å². The molecule has 2 fully saturated rings. The van der Waals surface area contributed by atoms with E-state index in [0.717, 1.165) is 39.0 Å². The van der Waals surface area contributed by atoms with Gasteiger partial charge in [0.05, 0.1) is 6.61 Å². The van der Waals surface area contributed by atoms with E-state index < -0.39 is 11.4 Å². The summed E-state index contributed by atoms with van der Waals surface area (Å²) in [6.45, 7) is 10.1. The van der Waals surface area contributed by atoms with Crippen LogP contribution < -0.4 is 0 Å². The van der Waals surface area contributed by atoms with E-state index in [4.69, 9.17) is 4.74 Å². The van der Waals surface area contributed by atoms with E-state index >= 15 is 0 Å². The molecule has 0 aliphatic carbocycles. The molecule has 0 amide bonds. The Morgan fingerprint density at radius 3 is 2.79 bits per heavy atom. The first-order valence-electron chi connectivity index (χ1n) is 7.35. The largest absolute Gasteiger partial charge is 0.481 e. The number of rotatable bonds is 4. The highest BCUT2D eigenvalue weighted by atomic mass is 16.5. The molecule has 5 nitrogen and oxygen atoms in total. The predicted molar refractivity (Wildman–Crippen MR) is 73.3 cm³/mol. The summed E-state index contributed by atoms with van der Waals surface area (Å²) < 4.78 is 5.44. The van der Waals surface area contributed by atoms with Crippen molar-refractivity contribution in [3.05, 3.63) is 0 Å². The summed E-state index contributed by atoms with van der Waals surface area (Å²) in [6.07, 6.45) is 1.60. The highest BCUT2D eigenvalue weighted by Crippen LogP contribution is 2.30. The molecule has 110 valence electrons. The van der Waals surface area contributed by atoms with Crippen LogP contribution in [0, 0.1) is 5.41 Å². The van der Waals surface area contributed by atoms with Crippen molar-refractivity contribution in [3.8, 4) is 0 Å². The second-order valence-electron chi connectivity index (χ2n) is 5.95. The van der Waals surface area contributed by atoms with Crippen molar-refractivity contribution in [1.29, 1.82) is 0 Å². The number of ether oxygens (including phenoxy) is 1. The van der Waals surface area contributed by atoms with Gasteiger partial charge < -0.3 is 9.84 Å². The van der Waals surface area contributed by atoms with Crippen LogP contribution in [0.15, 0.2) is 0 Å². The standard InChI is InChI=1S/C14H26N2O3/c1-3-16-7-6-15(9-12(16)2)10-14(13(17)18)5-4-8-19-11-14/h12H,3-11H2,1-2H3,(H,17,18). The fourth-order valence-corrected chi connectivity index (χ4v) is 3.33. The Morgan fingerprint density at radius 1 is 1.47 bits per heavy atom. The first kappa shape index (κ1) is 14.8. The highest BCUT2D eigenvalue weighted by molar-refractivity contribution is 5.75. The van der Waals surface area contributed by atoms with Gasteiger partial charge >= 0.3 is 5.97 Å². The van der Waals surface area contributed by atoms with Gasteiger partial charge in [-0.3, -0.25) is 14.6 Å². The Hall–Kier alpha value is -0.650. The van der Waals surface area contributed by atoms with Gasteiger partial charge in [0, 0.05) is 38.8 Å². The van der Waals surface area contributed by atoms with E-state index in [9.17, 15) is 9.90 Å². The molecule has 0 aromatic heterocycles. The van der Waals surface area contributed by atoms with Crippen molar-refractivity contribution in [1.82, 2.24) is 9.80 Å². The van der Waals surface area contributed by atoms with Gasteiger partial charge in [-0.2, -0.15) is 0 Å². The predicted octanol–water partition coefficient (Wildman–Crippen LogP) is 0.894. The average molecular weight is 270 g/mol. The average Bonchev–Trinajstić information content (AvgIpc) is 2.40. The number of carboxylic acid groups (broad SMARTS) is 1. The molecule has 0 saturated carbocycles. The molecule has 5 heteroatoms. The van der Waals surface area contributed by atoms with Crippen LogP contribution in [0.5, 0.6) is 0 Å². The third kappa shape index (κ3) is 3.27. The van der Waals surface area contributed by atoms with Gasteiger partial charge in [-0.1, -0.05) is 6.92 Å². The number of carbonyl (C=O) groups is 1. The van der Waals surface area contributed by atoms with Gasteiger partial charge in [-0.05, 0) is 26.3 Å². The van der Waals surface area contributed by atoms with E-state index in [2.05, 4.69) is 23.6 Å². The summed E-state index contributed by atoms with van der Waals surface area (Å²) in [5, 5.41) is 9.57. The zero-order chi connectivity index (χ0) is 13.9. The lowest BCUT2D eigenvalue weighted by Crippen LogP contribution is -2.56. The maximum atomic E-state index is 11.6. The van der Waals surface area contributed by atoms with Gasteiger partial charge in [-0.25, -0.2) is 0 Å². The first-order chi connectivity index (χ1) is 9.07. The fraction of sp³-hybridized carbons (Fsp3) is 0.929. The maximum absolute atomic E-state index is 11.6. The molecule has 19 heavy (non-hydrogen) atoms. The smallest absolute Gasteiger partial charge is 0.313 e. The lowest BCUT2D eigenvalue weighted by atomic mass is 9.81. The molecule has 2 aliphatic heterocycles. The third-order valence-corrected chi connectivity index (χ3v) is 4.56. The molecule has 0 aromatic rings. The van der Waals surface area contributed by atoms with Crippen LogP contribution in [0.3, 0.4) is 0 Å². The van der Waals surface area contributed by atoms with E-state index in [1.807, 2.05) is 0 Å². The molecule has 0 radical (unpaired) electrons. The molecule has 1 N–H and O–H groups in total. The minimum atomic E-state index is -0.697. The Bertz CT molecular complexity index is 316. The van der Waals surface area contributed by atoms with Crippen LogP contribution in [0.25, 0.3) is 0 Å². The van der Waals surface area contributed by atoms with Crippen LogP contribution >= 0.6 is 0 Å². The topological polar surface area (TPSA) is 53.0 Å². The van der Waals surface area contributed by atoms with E-state index in [0.29, 0.717) is 25.8 Å². The fourth-order valence-electron chi connectivity index (χ4n) is 3.33. The third-order valence-electron chi connectivity index (χ3n) is 4.56. The van der Waals surface area contributed by atoms with Crippen molar-refractivity contribution < 1.29 is 14.6 Å². The summed E-state index contributed by atoms with van der Waals surface area (Å²) in [4.78, 5) is 16.4. The number of aliphatic carboxylic acids is 1. The highest BCUT2D eigenvalue weighted by Gasteiger charge is 2.42. The molecule has 2 rings (SSSR count). The Morgan fingerprint density at radius 2 is 2.26 bits per heavy atom. The van der Waals surface area contributed by atoms with Crippen molar-refractivity contribution in [2.45, 2.75) is 32.7 Å². The van der Waals surface area contributed by atoms with Crippen molar-refractivity contribution >= 4 is 5.97 Å². The Kier molecular flexibility index (Phi) is 4.81. The monoisotopic (exact) mass is 270 g/mol. The van der Waals surface area contributed by atoms with E-state index in [-0.39, 0.29) is 0 Å². The van der Waals surface area contributed by atoms with Crippen LogP contribution in [0.1, 0.15) is 26.7 Å². The maximum Gasteiger partial charge on any atom is 0.313 e. The van der Waals surface area contributed by atoms with Crippen LogP contribution in [0.2, 0.25) is 0 Å². The number of piperazine rings is 1. The van der Waals surface area contributed by atoms with Crippen LogP contribution in [-0.4, -0.2) is 72.9 Å². The minimum Gasteiger partial charge on any atom is -0.481 e. The van der Waals surface area contributed by atoms with Gasteiger partial charge in [-0.15, -0.1) is 0 Å². The Labute approximate surface area is 115 Å². The van der Waals surface area contributed by atoms with Gasteiger partial charge in [0.15, 0.2) is 0 Å². The quantitative estimate of drug-likeness (QED) is 0.822.